The molecule has 0 saturated carbocycles. The lowest BCUT2D eigenvalue weighted by Gasteiger charge is -2.12. The number of benzene rings is 3. The molecule has 0 unspecified atom stereocenters. The summed E-state index contributed by atoms with van der Waals surface area (Å²) in [5, 5.41) is 13.0. The molecule has 0 fully saturated rings. The van der Waals surface area contributed by atoms with Crippen molar-refractivity contribution in [1.82, 2.24) is 0 Å². The quantitative estimate of drug-likeness (QED) is 0.171. The molecule has 0 spiro atoms. The van der Waals surface area contributed by atoms with Crippen LogP contribution >= 0.6 is 56.8 Å². The summed E-state index contributed by atoms with van der Waals surface area (Å²) in [6.07, 6.45) is 1.59. The van der Waals surface area contributed by atoms with Crippen molar-refractivity contribution in [2.75, 3.05) is 5.32 Å². The van der Waals surface area contributed by atoms with Gasteiger partial charge >= 0.3 is 0 Å². The van der Waals surface area contributed by atoms with E-state index in [2.05, 4.69) is 50.5 Å². The molecular formula is C25H19ClI2N2O2. The van der Waals surface area contributed by atoms with Gasteiger partial charge in [0.1, 0.15) is 24.0 Å². The van der Waals surface area contributed by atoms with Gasteiger partial charge < -0.3 is 10.1 Å². The van der Waals surface area contributed by atoms with E-state index in [0.717, 1.165) is 35.1 Å². The second-order valence-electron chi connectivity index (χ2n) is 7.15. The molecule has 0 aromatic heterocycles. The zero-order chi connectivity index (χ0) is 23.3. The Kier molecular flexibility index (Phi) is 8.57. The van der Waals surface area contributed by atoms with E-state index in [-0.39, 0.29) is 5.57 Å². The van der Waals surface area contributed by atoms with Gasteiger partial charge in [-0.1, -0.05) is 29.8 Å². The predicted molar refractivity (Wildman–Crippen MR) is 146 cm³/mol. The van der Waals surface area contributed by atoms with Crippen molar-refractivity contribution in [3.63, 3.8) is 0 Å². The number of carbonyl (C=O) groups excluding carboxylic acids is 1. The summed E-state index contributed by atoms with van der Waals surface area (Å²) in [7, 11) is 0. The van der Waals surface area contributed by atoms with Gasteiger partial charge in [0.15, 0.2) is 0 Å². The number of nitriles is 1. The number of halogens is 3. The Labute approximate surface area is 219 Å². The van der Waals surface area contributed by atoms with Crippen LogP contribution in [0, 0.1) is 32.3 Å². The number of hydrogen-bond donors (Lipinski definition) is 1. The summed E-state index contributed by atoms with van der Waals surface area (Å²) in [5.74, 6) is 0.320. The smallest absolute Gasteiger partial charge is 0.266 e. The van der Waals surface area contributed by atoms with Crippen LogP contribution in [0.25, 0.3) is 6.08 Å². The standard InChI is InChI=1S/C25H19ClI2N2O2/c1-15-3-8-21(9-16(15)2)30-25(31)19(13-29)10-18-11-22(27)24(23(28)12-18)32-14-17-4-6-20(26)7-5-17/h3-12H,14H2,1-2H3,(H,30,31)/b19-10+. The van der Waals surface area contributed by atoms with Gasteiger partial charge in [0.2, 0.25) is 0 Å². The van der Waals surface area contributed by atoms with Gasteiger partial charge in [0.05, 0.1) is 7.14 Å². The third-order valence-corrected chi connectivity index (χ3v) is 6.61. The highest BCUT2D eigenvalue weighted by molar-refractivity contribution is 14.1. The Morgan fingerprint density at radius 3 is 2.31 bits per heavy atom. The predicted octanol–water partition coefficient (Wildman–Crippen LogP) is 7.29. The molecule has 0 saturated heterocycles. The Morgan fingerprint density at radius 2 is 1.72 bits per heavy atom. The van der Waals surface area contributed by atoms with Gasteiger partial charge in [-0.3, -0.25) is 4.79 Å². The number of nitrogens with one attached hydrogen (secondary N) is 1. The molecule has 1 amide bonds. The van der Waals surface area contributed by atoms with Gasteiger partial charge in [-0.2, -0.15) is 5.26 Å². The molecule has 0 aliphatic carbocycles. The van der Waals surface area contributed by atoms with Crippen LogP contribution in [0.1, 0.15) is 22.3 Å². The van der Waals surface area contributed by atoms with Gasteiger partial charge in [-0.25, -0.2) is 0 Å². The molecule has 0 radical (unpaired) electrons. The Balaban J connectivity index is 1.77. The van der Waals surface area contributed by atoms with E-state index in [9.17, 15) is 10.1 Å². The van der Waals surface area contributed by atoms with Gasteiger partial charge in [0.25, 0.3) is 5.91 Å². The first-order valence-corrected chi connectivity index (χ1v) is 12.2. The van der Waals surface area contributed by atoms with E-state index in [1.54, 1.807) is 6.08 Å². The minimum atomic E-state index is -0.441. The number of anilines is 1. The summed E-state index contributed by atoms with van der Waals surface area (Å²) in [4.78, 5) is 12.6. The maximum atomic E-state index is 12.6. The van der Waals surface area contributed by atoms with Crippen molar-refractivity contribution in [2.45, 2.75) is 20.5 Å². The van der Waals surface area contributed by atoms with Crippen molar-refractivity contribution in [3.8, 4) is 11.8 Å². The molecule has 32 heavy (non-hydrogen) atoms. The molecule has 3 aromatic carbocycles. The molecule has 0 aliphatic rings. The van der Waals surface area contributed by atoms with Crippen LogP contribution < -0.4 is 10.1 Å². The summed E-state index contributed by atoms with van der Waals surface area (Å²) in [6, 6.07) is 18.9. The van der Waals surface area contributed by atoms with Crippen molar-refractivity contribution in [3.05, 3.63) is 94.6 Å². The van der Waals surface area contributed by atoms with E-state index in [1.807, 2.05) is 74.5 Å². The zero-order valence-electron chi connectivity index (χ0n) is 17.4. The third-order valence-electron chi connectivity index (χ3n) is 4.76. The highest BCUT2D eigenvalue weighted by Gasteiger charge is 2.13. The van der Waals surface area contributed by atoms with E-state index < -0.39 is 5.91 Å². The van der Waals surface area contributed by atoms with Crippen molar-refractivity contribution in [1.29, 1.82) is 5.26 Å². The average molecular weight is 669 g/mol. The van der Waals surface area contributed by atoms with E-state index in [0.29, 0.717) is 17.3 Å². The minimum absolute atomic E-state index is 0.0321. The number of amides is 1. The minimum Gasteiger partial charge on any atom is -0.487 e. The topological polar surface area (TPSA) is 62.1 Å². The molecule has 162 valence electrons. The lowest BCUT2D eigenvalue weighted by molar-refractivity contribution is -0.112. The van der Waals surface area contributed by atoms with Crippen molar-refractivity contribution < 1.29 is 9.53 Å². The summed E-state index contributed by atoms with van der Waals surface area (Å²) in [6.45, 7) is 4.40. The van der Waals surface area contributed by atoms with E-state index in [1.165, 1.54) is 0 Å². The fourth-order valence-electron chi connectivity index (χ4n) is 2.87. The molecule has 7 heteroatoms. The van der Waals surface area contributed by atoms with Crippen molar-refractivity contribution >= 4 is 74.5 Å². The van der Waals surface area contributed by atoms with Crippen LogP contribution in [0.15, 0.2) is 60.2 Å². The first kappa shape index (κ1) is 24.6. The van der Waals surface area contributed by atoms with Crippen LogP contribution in [-0.4, -0.2) is 5.91 Å². The molecule has 1 N–H and O–H groups in total. The molecule has 0 bridgehead atoms. The molecule has 0 atom stereocenters. The number of rotatable bonds is 6. The number of ether oxygens (including phenoxy) is 1. The van der Waals surface area contributed by atoms with Crippen LogP contribution in [-0.2, 0) is 11.4 Å². The second-order valence-corrected chi connectivity index (χ2v) is 9.91. The monoisotopic (exact) mass is 668 g/mol. The average Bonchev–Trinajstić information content (AvgIpc) is 2.75. The van der Waals surface area contributed by atoms with Crippen molar-refractivity contribution in [2.24, 2.45) is 0 Å². The Bertz CT molecular complexity index is 1210. The highest BCUT2D eigenvalue weighted by Crippen LogP contribution is 2.30. The van der Waals surface area contributed by atoms with Crippen LogP contribution in [0.4, 0.5) is 5.69 Å². The van der Waals surface area contributed by atoms with Gasteiger partial charge in [0, 0.05) is 10.7 Å². The van der Waals surface area contributed by atoms with E-state index >= 15 is 0 Å². The molecular weight excluding hydrogens is 650 g/mol. The fraction of sp³-hybridized carbons (Fsp3) is 0.120. The largest absolute Gasteiger partial charge is 0.487 e. The number of carbonyl (C=O) groups is 1. The zero-order valence-corrected chi connectivity index (χ0v) is 22.4. The molecule has 3 aromatic rings. The second kappa shape index (κ2) is 11.2. The molecule has 3 rings (SSSR count). The normalized spacial score (nSPS) is 11.1. The van der Waals surface area contributed by atoms with Crippen LogP contribution in [0.2, 0.25) is 5.02 Å². The van der Waals surface area contributed by atoms with Crippen LogP contribution in [0.5, 0.6) is 5.75 Å². The lowest BCUT2D eigenvalue weighted by atomic mass is 10.1. The first-order chi connectivity index (χ1) is 15.3. The lowest BCUT2D eigenvalue weighted by Crippen LogP contribution is -2.13. The van der Waals surface area contributed by atoms with E-state index in [4.69, 9.17) is 16.3 Å². The molecule has 0 heterocycles. The van der Waals surface area contributed by atoms with Gasteiger partial charge in [-0.15, -0.1) is 0 Å². The maximum absolute atomic E-state index is 12.6. The SMILES string of the molecule is Cc1ccc(NC(=O)/C(C#N)=C/c2cc(I)c(OCc3ccc(Cl)cc3)c(I)c2)cc1C. The maximum Gasteiger partial charge on any atom is 0.266 e. The Morgan fingerprint density at radius 1 is 1.06 bits per heavy atom. The third kappa shape index (κ3) is 6.47. The molecule has 0 aliphatic heterocycles. The summed E-state index contributed by atoms with van der Waals surface area (Å²) < 4.78 is 7.78. The fourth-order valence-corrected chi connectivity index (χ4v) is 5.12. The number of nitrogens with zero attached hydrogens (tertiary/aromatic N) is 1. The molecule has 4 nitrogen and oxygen atoms in total. The number of hydrogen-bond acceptors (Lipinski definition) is 3. The van der Waals surface area contributed by atoms with Gasteiger partial charge in [-0.05, 0) is 124 Å². The summed E-state index contributed by atoms with van der Waals surface area (Å²) >= 11 is 10.3. The summed E-state index contributed by atoms with van der Waals surface area (Å²) in [5.41, 5.74) is 4.67. The first-order valence-electron chi connectivity index (χ1n) is 9.63. The number of aryl methyl sites for hydroxylation is 2. The Hall–Kier alpha value is -2.09. The highest BCUT2D eigenvalue weighted by atomic mass is 127. The van der Waals surface area contributed by atoms with Crippen LogP contribution in [0.3, 0.4) is 0 Å².